The van der Waals surface area contributed by atoms with Gasteiger partial charge in [0, 0.05) is 0 Å². The Balaban J connectivity index is 2.03. The molecule has 19 heavy (non-hydrogen) atoms. The molecule has 1 N–H and O–H groups in total. The van der Waals surface area contributed by atoms with Gasteiger partial charge in [-0.1, -0.05) is 52.0 Å². The average molecular weight is 260 g/mol. The van der Waals surface area contributed by atoms with E-state index in [9.17, 15) is 5.11 Å². The number of aliphatic hydroxyl groups is 1. The lowest BCUT2D eigenvalue weighted by molar-refractivity contribution is 0.0519. The van der Waals surface area contributed by atoms with E-state index in [4.69, 9.17) is 0 Å². The highest BCUT2D eigenvalue weighted by Crippen LogP contribution is 2.32. The molecule has 1 saturated carbocycles. The van der Waals surface area contributed by atoms with Crippen LogP contribution in [-0.2, 0) is 11.8 Å². The lowest BCUT2D eigenvalue weighted by atomic mass is 9.77. The summed E-state index contributed by atoms with van der Waals surface area (Å²) in [5.74, 6) is 1.21. The van der Waals surface area contributed by atoms with E-state index in [2.05, 4.69) is 52.0 Å². The van der Waals surface area contributed by atoms with Gasteiger partial charge in [0.2, 0.25) is 0 Å². The monoisotopic (exact) mass is 260 g/mol. The molecule has 0 amide bonds. The first kappa shape index (κ1) is 14.6. The molecule has 1 heteroatoms. The van der Waals surface area contributed by atoms with Crippen molar-refractivity contribution in [2.45, 2.75) is 64.9 Å². The van der Waals surface area contributed by atoms with Crippen molar-refractivity contribution in [1.29, 1.82) is 0 Å². The Morgan fingerprint density at radius 1 is 1.11 bits per heavy atom. The topological polar surface area (TPSA) is 20.2 Å². The predicted octanol–water partition coefficient (Wildman–Crippen LogP) is 4.32. The molecule has 3 atom stereocenters. The third-order valence-corrected chi connectivity index (χ3v) is 4.52. The second-order valence-corrected chi connectivity index (χ2v) is 7.40. The van der Waals surface area contributed by atoms with Gasteiger partial charge >= 0.3 is 0 Å². The molecule has 0 heterocycles. The van der Waals surface area contributed by atoms with E-state index < -0.39 is 0 Å². The van der Waals surface area contributed by atoms with E-state index in [1.807, 2.05) is 0 Å². The average Bonchev–Trinajstić information content (AvgIpc) is 2.33. The van der Waals surface area contributed by atoms with Gasteiger partial charge in [0.15, 0.2) is 0 Å². The maximum absolute atomic E-state index is 10.1. The van der Waals surface area contributed by atoms with Gasteiger partial charge in [0.1, 0.15) is 0 Å². The third-order valence-electron chi connectivity index (χ3n) is 4.52. The highest BCUT2D eigenvalue weighted by molar-refractivity contribution is 5.27. The van der Waals surface area contributed by atoms with E-state index in [0.717, 1.165) is 18.8 Å². The first-order valence-corrected chi connectivity index (χ1v) is 7.64. The molecule has 1 aromatic rings. The SMILES string of the molecule is CC1CCC(O)C(Cc2ccc(C(C)(C)C)cc2)C1. The van der Waals surface area contributed by atoms with Gasteiger partial charge in [-0.3, -0.25) is 0 Å². The standard InChI is InChI=1S/C18H28O/c1-13-5-10-17(19)15(11-13)12-14-6-8-16(9-7-14)18(2,3)4/h6-9,13,15,17,19H,5,10-12H2,1-4H3. The van der Waals surface area contributed by atoms with Gasteiger partial charge in [0.05, 0.1) is 6.10 Å². The summed E-state index contributed by atoms with van der Waals surface area (Å²) < 4.78 is 0. The van der Waals surface area contributed by atoms with Crippen LogP contribution in [0.4, 0.5) is 0 Å². The summed E-state index contributed by atoms with van der Waals surface area (Å²) in [6.45, 7) is 9.04. The van der Waals surface area contributed by atoms with Crippen molar-refractivity contribution in [3.05, 3.63) is 35.4 Å². The summed E-state index contributed by atoms with van der Waals surface area (Å²) in [7, 11) is 0. The number of rotatable bonds is 2. The Bertz CT molecular complexity index is 399. The summed E-state index contributed by atoms with van der Waals surface area (Å²) in [6, 6.07) is 8.97. The van der Waals surface area contributed by atoms with Gasteiger partial charge in [-0.25, -0.2) is 0 Å². The van der Waals surface area contributed by atoms with Crippen molar-refractivity contribution >= 4 is 0 Å². The van der Waals surface area contributed by atoms with Crippen LogP contribution in [0.5, 0.6) is 0 Å². The molecule has 1 aliphatic rings. The highest BCUT2D eigenvalue weighted by atomic mass is 16.3. The van der Waals surface area contributed by atoms with Crippen molar-refractivity contribution in [1.82, 2.24) is 0 Å². The van der Waals surface area contributed by atoms with Gasteiger partial charge in [-0.2, -0.15) is 0 Å². The number of aliphatic hydroxyl groups excluding tert-OH is 1. The minimum absolute atomic E-state index is 0.0986. The zero-order chi connectivity index (χ0) is 14.0. The van der Waals surface area contributed by atoms with E-state index in [0.29, 0.717) is 5.92 Å². The predicted molar refractivity (Wildman–Crippen MR) is 81.4 cm³/mol. The van der Waals surface area contributed by atoms with Gasteiger partial charge in [-0.05, 0) is 54.1 Å². The molecule has 0 spiro atoms. The Morgan fingerprint density at radius 2 is 1.74 bits per heavy atom. The second kappa shape index (κ2) is 5.66. The molecular weight excluding hydrogens is 232 g/mol. The molecule has 1 aliphatic carbocycles. The molecule has 1 aromatic carbocycles. The minimum Gasteiger partial charge on any atom is -0.393 e. The molecule has 0 aromatic heterocycles. The smallest absolute Gasteiger partial charge is 0.0571 e. The van der Waals surface area contributed by atoms with Gasteiger partial charge in [-0.15, -0.1) is 0 Å². The van der Waals surface area contributed by atoms with E-state index in [1.165, 1.54) is 24.0 Å². The number of hydrogen-bond donors (Lipinski definition) is 1. The van der Waals surface area contributed by atoms with E-state index >= 15 is 0 Å². The van der Waals surface area contributed by atoms with Crippen LogP contribution >= 0.6 is 0 Å². The minimum atomic E-state index is -0.0986. The van der Waals surface area contributed by atoms with Crippen molar-refractivity contribution in [2.75, 3.05) is 0 Å². The molecule has 1 fully saturated rings. The second-order valence-electron chi connectivity index (χ2n) is 7.40. The quantitative estimate of drug-likeness (QED) is 0.839. The van der Waals surface area contributed by atoms with Crippen LogP contribution in [-0.4, -0.2) is 11.2 Å². The van der Waals surface area contributed by atoms with Crippen LogP contribution in [0.3, 0.4) is 0 Å². The first-order chi connectivity index (χ1) is 8.86. The fraction of sp³-hybridized carbons (Fsp3) is 0.667. The van der Waals surface area contributed by atoms with Gasteiger partial charge < -0.3 is 5.11 Å². The molecule has 0 saturated heterocycles. The van der Waals surface area contributed by atoms with E-state index in [-0.39, 0.29) is 11.5 Å². The third kappa shape index (κ3) is 3.82. The van der Waals surface area contributed by atoms with Crippen LogP contribution in [0.15, 0.2) is 24.3 Å². The zero-order valence-electron chi connectivity index (χ0n) is 12.8. The molecule has 1 nitrogen and oxygen atoms in total. The maximum atomic E-state index is 10.1. The summed E-state index contributed by atoms with van der Waals surface area (Å²) in [5, 5.41) is 10.1. The summed E-state index contributed by atoms with van der Waals surface area (Å²) >= 11 is 0. The van der Waals surface area contributed by atoms with Crippen molar-refractivity contribution in [3.63, 3.8) is 0 Å². The number of benzene rings is 1. The fourth-order valence-electron chi connectivity index (χ4n) is 3.15. The Kier molecular flexibility index (Phi) is 4.35. The van der Waals surface area contributed by atoms with Crippen molar-refractivity contribution < 1.29 is 5.11 Å². The molecule has 0 aliphatic heterocycles. The lowest BCUT2D eigenvalue weighted by Gasteiger charge is -2.31. The van der Waals surface area contributed by atoms with Crippen molar-refractivity contribution in [3.8, 4) is 0 Å². The zero-order valence-corrected chi connectivity index (χ0v) is 12.8. The largest absolute Gasteiger partial charge is 0.393 e. The molecular formula is C18H28O. The molecule has 0 radical (unpaired) electrons. The molecule has 106 valence electrons. The van der Waals surface area contributed by atoms with Crippen LogP contribution in [0.2, 0.25) is 0 Å². The van der Waals surface area contributed by atoms with E-state index in [1.54, 1.807) is 0 Å². The Labute approximate surface area is 118 Å². The van der Waals surface area contributed by atoms with Crippen LogP contribution in [0.25, 0.3) is 0 Å². The highest BCUT2D eigenvalue weighted by Gasteiger charge is 2.27. The van der Waals surface area contributed by atoms with Crippen LogP contribution in [0.1, 0.15) is 58.1 Å². The summed E-state index contributed by atoms with van der Waals surface area (Å²) in [4.78, 5) is 0. The Morgan fingerprint density at radius 3 is 2.32 bits per heavy atom. The summed E-state index contributed by atoms with van der Waals surface area (Å²) in [5.41, 5.74) is 2.97. The van der Waals surface area contributed by atoms with Crippen molar-refractivity contribution in [2.24, 2.45) is 11.8 Å². The normalized spacial score (nSPS) is 28.4. The van der Waals surface area contributed by atoms with Gasteiger partial charge in [0.25, 0.3) is 0 Å². The fourth-order valence-corrected chi connectivity index (χ4v) is 3.15. The maximum Gasteiger partial charge on any atom is 0.0571 e. The van der Waals surface area contributed by atoms with Crippen LogP contribution in [0, 0.1) is 11.8 Å². The number of hydrogen-bond acceptors (Lipinski definition) is 1. The molecule has 2 rings (SSSR count). The Hall–Kier alpha value is -0.820. The lowest BCUT2D eigenvalue weighted by Crippen LogP contribution is -2.29. The first-order valence-electron chi connectivity index (χ1n) is 7.64. The molecule has 3 unspecified atom stereocenters. The van der Waals surface area contributed by atoms with Crippen LogP contribution < -0.4 is 0 Å². The molecule has 0 bridgehead atoms. The summed E-state index contributed by atoms with van der Waals surface area (Å²) in [6.07, 6.45) is 4.25.